The van der Waals surface area contributed by atoms with Crippen LogP contribution < -0.4 is 20.8 Å². The van der Waals surface area contributed by atoms with E-state index in [4.69, 9.17) is 20.0 Å². The quantitative estimate of drug-likeness (QED) is 0.171. The molecule has 6 heteroatoms. The van der Waals surface area contributed by atoms with Crippen molar-refractivity contribution in [3.63, 3.8) is 0 Å². The Labute approximate surface area is 317 Å². The Morgan fingerprint density at radius 1 is 0.654 bits per heavy atom. The van der Waals surface area contributed by atoms with Crippen LogP contribution in [0.2, 0.25) is 0 Å². The largest absolute Gasteiger partial charge is 2.00 e. The zero-order chi connectivity index (χ0) is 35.4. The molecule has 0 N–H and O–H groups in total. The maximum absolute atomic E-state index is 14.1. The number of aliphatic imine (C=N–C) groups is 3. The number of fused-ring (bicyclic) bond motifs is 5. The van der Waals surface area contributed by atoms with Crippen molar-refractivity contribution in [3.8, 4) is 11.8 Å². The van der Waals surface area contributed by atoms with Gasteiger partial charge in [0.25, 0.3) is 0 Å². The summed E-state index contributed by atoms with van der Waals surface area (Å²) in [4.78, 5) is 20.7. The molecule has 1 aromatic heterocycles. The van der Waals surface area contributed by atoms with Crippen LogP contribution in [0.5, 0.6) is 0 Å². The summed E-state index contributed by atoms with van der Waals surface area (Å²) in [6, 6.07) is 26.7. The summed E-state index contributed by atoms with van der Waals surface area (Å²) >= 11 is 0. The van der Waals surface area contributed by atoms with Crippen LogP contribution in [0.3, 0.4) is 0 Å². The first-order valence-electron chi connectivity index (χ1n) is 17.2. The van der Waals surface area contributed by atoms with E-state index in [0.29, 0.717) is 28.0 Å². The first kappa shape index (κ1) is 34.8. The summed E-state index contributed by atoms with van der Waals surface area (Å²) in [7, 11) is 0. The summed E-state index contributed by atoms with van der Waals surface area (Å²) < 4.78 is 0. The zero-order valence-electron chi connectivity index (χ0n) is 30.3. The van der Waals surface area contributed by atoms with Gasteiger partial charge in [0, 0.05) is 22.1 Å². The molecule has 4 aliphatic heterocycles. The fraction of sp³-hybridized carbons (Fsp3) is 0.152. The molecule has 0 saturated carbocycles. The van der Waals surface area contributed by atoms with Gasteiger partial charge >= 0.3 is 19.5 Å². The second-order valence-electron chi connectivity index (χ2n) is 14.0. The zero-order valence-corrected chi connectivity index (χ0v) is 33.3. The SMILES string of the molecule is Cc1ccc(C2=c3ccc([n-]3)=C(C#Cc3ccccc3)C3=NC(=C([O-])C3(C)C)C=C3C=CC(=N3)C(c3c(C)cc(C)cc3C)=C3C=CC2=N3)cc1.[Zn+2]. The van der Waals surface area contributed by atoms with Gasteiger partial charge in [-0.25, -0.2) is 9.98 Å². The third-order valence-corrected chi connectivity index (χ3v) is 9.74. The number of aromatic nitrogens is 1. The van der Waals surface area contributed by atoms with E-state index in [0.717, 1.165) is 61.4 Å². The van der Waals surface area contributed by atoms with Gasteiger partial charge in [0.1, 0.15) is 0 Å². The first-order valence-corrected chi connectivity index (χ1v) is 17.2. The Kier molecular flexibility index (Phi) is 9.03. The molecule has 8 rings (SSSR count). The van der Waals surface area contributed by atoms with Crippen molar-refractivity contribution in [2.45, 2.75) is 41.5 Å². The van der Waals surface area contributed by atoms with E-state index in [1.54, 1.807) is 6.08 Å². The maximum Gasteiger partial charge on any atom is 2.00 e. The third kappa shape index (κ3) is 6.16. The Balaban J connectivity index is 0.00000420. The average molecular weight is 726 g/mol. The van der Waals surface area contributed by atoms with Crippen molar-refractivity contribution >= 4 is 33.9 Å². The normalized spacial score (nSPS) is 17.0. The van der Waals surface area contributed by atoms with E-state index < -0.39 is 5.41 Å². The van der Waals surface area contributed by atoms with Crippen molar-refractivity contribution in [1.29, 1.82) is 0 Å². The monoisotopic (exact) mass is 724 g/mol. The van der Waals surface area contributed by atoms with Crippen molar-refractivity contribution in [3.05, 3.63) is 182 Å². The molecule has 52 heavy (non-hydrogen) atoms. The van der Waals surface area contributed by atoms with Gasteiger partial charge in [-0.05, 0) is 98.0 Å². The van der Waals surface area contributed by atoms with Crippen LogP contribution in [0.4, 0.5) is 0 Å². The van der Waals surface area contributed by atoms with Gasteiger partial charge in [-0.15, -0.1) is 10.7 Å². The van der Waals surface area contributed by atoms with E-state index in [1.807, 2.05) is 68.5 Å². The topological polar surface area (TPSA) is 74.2 Å². The number of hydrogen-bond acceptors (Lipinski definition) is 4. The molecule has 0 amide bonds. The molecule has 5 nitrogen and oxygen atoms in total. The second kappa shape index (κ2) is 13.5. The van der Waals surface area contributed by atoms with Crippen LogP contribution in [-0.2, 0) is 19.5 Å². The molecule has 0 aliphatic carbocycles. The van der Waals surface area contributed by atoms with Crippen LogP contribution in [0.1, 0.15) is 52.8 Å². The minimum atomic E-state index is -0.937. The molecule has 3 aromatic carbocycles. The summed E-state index contributed by atoms with van der Waals surface area (Å²) in [6.45, 7) is 12.3. The van der Waals surface area contributed by atoms with Gasteiger partial charge in [-0.1, -0.05) is 109 Å². The number of allylic oxidation sites excluding steroid dienone is 7. The minimum Gasteiger partial charge on any atom is -0.873 e. The standard InChI is InChI=1S/C46H37N4O.Zn/c1-27-12-15-32(16-13-27)42-36-21-20-35(48-36)34(18-14-31-10-8-7-9-11-31)44-46(5,6)45(51)40(50-44)26-33-17-19-38(47-33)43(39-23-22-37(42)49-39)41-29(3)24-28(2)25-30(41)4;/h7-13,15-17,19-26H,1-6H3,(H-,47,48,49,50,51);/q-1;+2/p-1. The fourth-order valence-electron chi connectivity index (χ4n) is 7.23. The smallest absolute Gasteiger partial charge is 0.873 e. The predicted molar refractivity (Wildman–Crippen MR) is 206 cm³/mol. The molecule has 0 fully saturated rings. The van der Waals surface area contributed by atoms with Crippen LogP contribution >= 0.6 is 0 Å². The third-order valence-electron chi connectivity index (χ3n) is 9.74. The number of hydrogen-bond donors (Lipinski definition) is 0. The number of benzene rings is 3. The van der Waals surface area contributed by atoms with Gasteiger partial charge < -0.3 is 10.1 Å². The Morgan fingerprint density at radius 2 is 1.33 bits per heavy atom. The molecule has 5 heterocycles. The Bertz CT molecular complexity index is 2600. The summed E-state index contributed by atoms with van der Waals surface area (Å²) in [5.74, 6) is 6.62. The first-order chi connectivity index (χ1) is 24.6. The average Bonchev–Trinajstić information content (AvgIpc) is 3.91. The van der Waals surface area contributed by atoms with Crippen LogP contribution in [-0.4, -0.2) is 17.1 Å². The van der Waals surface area contributed by atoms with E-state index in [2.05, 4.69) is 88.1 Å². The Hall–Kier alpha value is -5.63. The maximum atomic E-state index is 14.1. The van der Waals surface area contributed by atoms with Gasteiger partial charge in [-0.3, -0.25) is 4.99 Å². The summed E-state index contributed by atoms with van der Waals surface area (Å²) in [5.41, 5.74) is 13.2. The molecule has 0 atom stereocenters. The summed E-state index contributed by atoms with van der Waals surface area (Å²) in [5, 5.41) is 15.5. The molecule has 8 bridgehead atoms. The minimum absolute atomic E-state index is 0. The van der Waals surface area contributed by atoms with Gasteiger partial charge in [-0.2, -0.15) is 0 Å². The molecular formula is C46H36N4OZn. The number of aryl methyl sites for hydroxylation is 4. The van der Waals surface area contributed by atoms with Crippen molar-refractivity contribution in [2.24, 2.45) is 20.4 Å². The van der Waals surface area contributed by atoms with Gasteiger partial charge in [0.15, 0.2) is 0 Å². The number of nitrogens with zero attached hydrogens (tertiary/aromatic N) is 4. The molecule has 0 unspecified atom stereocenters. The van der Waals surface area contributed by atoms with E-state index >= 15 is 0 Å². The van der Waals surface area contributed by atoms with Gasteiger partial charge in [0.2, 0.25) is 0 Å². The van der Waals surface area contributed by atoms with E-state index in [9.17, 15) is 5.11 Å². The predicted octanol–water partition coefficient (Wildman–Crippen LogP) is 6.66. The molecule has 0 radical (unpaired) electrons. The molecule has 4 aromatic rings. The van der Waals surface area contributed by atoms with Crippen molar-refractivity contribution in [1.82, 2.24) is 4.98 Å². The Morgan fingerprint density at radius 3 is 2.06 bits per heavy atom. The number of rotatable bonds is 2. The second-order valence-corrected chi connectivity index (χ2v) is 14.0. The van der Waals surface area contributed by atoms with Crippen LogP contribution in [0, 0.1) is 45.0 Å². The van der Waals surface area contributed by atoms with Crippen molar-refractivity contribution < 1.29 is 24.6 Å². The molecule has 0 saturated heterocycles. The molecule has 4 aliphatic rings. The van der Waals surface area contributed by atoms with E-state index in [-0.39, 0.29) is 25.2 Å². The fourth-order valence-corrected chi connectivity index (χ4v) is 7.23. The van der Waals surface area contributed by atoms with E-state index in [1.165, 1.54) is 11.1 Å². The summed E-state index contributed by atoms with van der Waals surface area (Å²) in [6.07, 6.45) is 9.91. The van der Waals surface area contributed by atoms with Crippen LogP contribution in [0.25, 0.3) is 16.7 Å². The van der Waals surface area contributed by atoms with Crippen molar-refractivity contribution in [2.75, 3.05) is 0 Å². The molecular weight excluding hydrogens is 690 g/mol. The van der Waals surface area contributed by atoms with Gasteiger partial charge in [0.05, 0.1) is 34.2 Å². The van der Waals surface area contributed by atoms with Crippen LogP contribution in [0.15, 0.2) is 147 Å². The molecule has 0 spiro atoms. The molecule has 248 valence electrons.